The van der Waals surface area contributed by atoms with E-state index in [0.29, 0.717) is 5.03 Å². The Morgan fingerprint density at radius 2 is 2.18 bits per heavy atom. The molecule has 0 heterocycles. The number of thioether (sulfide) groups is 1. The van der Waals surface area contributed by atoms with Crippen molar-refractivity contribution in [2.75, 3.05) is 0 Å². The first-order valence-corrected chi connectivity index (χ1v) is 3.92. The number of carboxylic acid groups (broad SMARTS) is 1. The highest BCUT2D eigenvalue weighted by Crippen LogP contribution is 2.17. The number of carbonyl (C=O) groups is 1. The zero-order valence-corrected chi connectivity index (χ0v) is 7.10. The third-order valence-corrected chi connectivity index (χ3v) is 2.10. The van der Waals surface area contributed by atoms with Crippen molar-refractivity contribution in [3.63, 3.8) is 0 Å². The molecule has 0 saturated heterocycles. The minimum atomic E-state index is -1.02. The van der Waals surface area contributed by atoms with Crippen LogP contribution in [0, 0.1) is 0 Å². The molecule has 0 rings (SSSR count). The normalized spacial score (nSPS) is 15.5. The van der Waals surface area contributed by atoms with Crippen molar-refractivity contribution in [3.05, 3.63) is 11.6 Å². The first-order valence-electron chi connectivity index (χ1n) is 3.04. The van der Waals surface area contributed by atoms with Crippen molar-refractivity contribution in [2.24, 2.45) is 11.5 Å². The second kappa shape index (κ2) is 4.25. The molecule has 0 amide bonds. The van der Waals surface area contributed by atoms with E-state index in [4.69, 9.17) is 16.6 Å². The zero-order chi connectivity index (χ0) is 9.02. The van der Waals surface area contributed by atoms with E-state index in [1.807, 2.05) is 0 Å². The molecule has 2 atom stereocenters. The number of aliphatic carboxylic acids is 1. The van der Waals surface area contributed by atoms with Crippen molar-refractivity contribution in [2.45, 2.75) is 18.2 Å². The maximum absolute atomic E-state index is 10.3. The largest absolute Gasteiger partial charge is 0.480 e. The van der Waals surface area contributed by atoms with Gasteiger partial charge in [0.05, 0.1) is 5.03 Å². The average molecular weight is 176 g/mol. The van der Waals surface area contributed by atoms with Gasteiger partial charge in [-0.25, -0.2) is 0 Å². The monoisotopic (exact) mass is 176 g/mol. The maximum Gasteiger partial charge on any atom is 0.321 e. The van der Waals surface area contributed by atoms with Crippen LogP contribution in [0.15, 0.2) is 11.6 Å². The van der Waals surface area contributed by atoms with Crippen LogP contribution in [0.3, 0.4) is 0 Å². The third kappa shape index (κ3) is 3.90. The lowest BCUT2D eigenvalue weighted by atomic mass is 10.2. The lowest BCUT2D eigenvalue weighted by molar-refractivity contribution is -0.138. The van der Waals surface area contributed by atoms with Gasteiger partial charge in [-0.05, 0) is 0 Å². The molecule has 5 N–H and O–H groups in total. The molecule has 0 aromatic carbocycles. The number of carboxylic acids is 1. The van der Waals surface area contributed by atoms with Crippen LogP contribution in [0.4, 0.5) is 0 Å². The molecule has 0 saturated carbocycles. The molecule has 0 bridgehead atoms. The smallest absolute Gasteiger partial charge is 0.321 e. The Morgan fingerprint density at radius 1 is 1.73 bits per heavy atom. The van der Waals surface area contributed by atoms with Crippen LogP contribution >= 0.6 is 11.8 Å². The summed E-state index contributed by atoms with van der Waals surface area (Å²) in [4.78, 5) is 10.3. The summed E-state index contributed by atoms with van der Waals surface area (Å²) in [6.07, 6.45) is 0. The zero-order valence-electron chi connectivity index (χ0n) is 6.28. The molecular weight excluding hydrogens is 164 g/mol. The molecule has 0 radical (unpaired) electrons. The summed E-state index contributed by atoms with van der Waals surface area (Å²) in [6, 6.07) is -0.889. The highest BCUT2D eigenvalue weighted by molar-refractivity contribution is 8.03. The van der Waals surface area contributed by atoms with Gasteiger partial charge in [-0.2, -0.15) is 0 Å². The summed E-state index contributed by atoms with van der Waals surface area (Å²) in [5, 5.41) is 8.59. The average Bonchev–Trinajstić information content (AvgIpc) is 1.84. The molecule has 0 unspecified atom stereocenters. The van der Waals surface area contributed by atoms with Crippen LogP contribution < -0.4 is 11.5 Å². The molecule has 0 fully saturated rings. The molecule has 5 heteroatoms. The van der Waals surface area contributed by atoms with Gasteiger partial charge < -0.3 is 16.6 Å². The van der Waals surface area contributed by atoms with Crippen LogP contribution in [0.5, 0.6) is 0 Å². The first kappa shape index (κ1) is 10.3. The summed E-state index contributed by atoms with van der Waals surface area (Å²) >= 11 is 1.17. The van der Waals surface area contributed by atoms with E-state index in [2.05, 4.69) is 6.58 Å². The molecular formula is C6H12N2O2S. The molecule has 0 aromatic heterocycles. The second-order valence-electron chi connectivity index (χ2n) is 2.15. The van der Waals surface area contributed by atoms with Gasteiger partial charge in [0.2, 0.25) is 0 Å². The second-order valence-corrected chi connectivity index (χ2v) is 3.66. The van der Waals surface area contributed by atoms with Gasteiger partial charge in [0.15, 0.2) is 0 Å². The van der Waals surface area contributed by atoms with Crippen molar-refractivity contribution in [3.8, 4) is 0 Å². The SMILES string of the molecule is C=C(N)S[C@@H](C)[C@H](N)C(=O)O. The van der Waals surface area contributed by atoms with Crippen LogP contribution in [-0.2, 0) is 4.79 Å². The minimum absolute atomic E-state index is 0.245. The van der Waals surface area contributed by atoms with E-state index < -0.39 is 12.0 Å². The fourth-order valence-corrected chi connectivity index (χ4v) is 1.25. The molecule has 4 nitrogen and oxygen atoms in total. The lowest BCUT2D eigenvalue weighted by Gasteiger charge is -2.14. The van der Waals surface area contributed by atoms with Crippen LogP contribution in [0.25, 0.3) is 0 Å². The predicted molar refractivity (Wildman–Crippen MR) is 46.0 cm³/mol. The van der Waals surface area contributed by atoms with Gasteiger partial charge in [0.1, 0.15) is 6.04 Å². The molecule has 0 aromatic rings. The van der Waals surface area contributed by atoms with Crippen molar-refractivity contribution in [1.82, 2.24) is 0 Å². The number of hydrogen-bond donors (Lipinski definition) is 3. The summed E-state index contributed by atoms with van der Waals surface area (Å²) < 4.78 is 0. The van der Waals surface area contributed by atoms with E-state index in [1.54, 1.807) is 6.92 Å². The maximum atomic E-state index is 10.3. The van der Waals surface area contributed by atoms with Gasteiger partial charge in [0, 0.05) is 5.25 Å². The Hall–Kier alpha value is -0.680. The van der Waals surface area contributed by atoms with Gasteiger partial charge in [-0.15, -0.1) is 11.8 Å². The van der Waals surface area contributed by atoms with Gasteiger partial charge in [0.25, 0.3) is 0 Å². The Morgan fingerprint density at radius 3 is 2.45 bits per heavy atom. The summed E-state index contributed by atoms with van der Waals surface area (Å²) in [5.41, 5.74) is 10.5. The first-order chi connectivity index (χ1) is 4.95. The third-order valence-electron chi connectivity index (χ3n) is 1.13. The molecule has 0 aliphatic heterocycles. The van der Waals surface area contributed by atoms with Gasteiger partial charge in [-0.3, -0.25) is 4.79 Å². The number of rotatable bonds is 4. The topological polar surface area (TPSA) is 89.3 Å². The predicted octanol–water partition coefficient (Wildman–Crippen LogP) is -0.0501. The van der Waals surface area contributed by atoms with Crippen molar-refractivity contribution in [1.29, 1.82) is 0 Å². The highest BCUT2D eigenvalue weighted by Gasteiger charge is 2.20. The Kier molecular flexibility index (Phi) is 3.99. The van der Waals surface area contributed by atoms with E-state index in [1.165, 1.54) is 11.8 Å². The molecule has 0 aliphatic rings. The Labute approximate surface area is 69.6 Å². The van der Waals surface area contributed by atoms with Gasteiger partial charge in [-0.1, -0.05) is 13.5 Å². The summed E-state index contributed by atoms with van der Waals surface area (Å²) in [5.74, 6) is -1.02. The fourth-order valence-electron chi connectivity index (χ4n) is 0.513. The fraction of sp³-hybridized carbons (Fsp3) is 0.500. The molecule has 0 spiro atoms. The van der Waals surface area contributed by atoms with Gasteiger partial charge >= 0.3 is 5.97 Å². The van der Waals surface area contributed by atoms with E-state index in [9.17, 15) is 4.79 Å². The van der Waals surface area contributed by atoms with E-state index in [0.717, 1.165) is 0 Å². The molecule has 64 valence electrons. The number of nitrogens with two attached hydrogens (primary N) is 2. The van der Waals surface area contributed by atoms with E-state index >= 15 is 0 Å². The van der Waals surface area contributed by atoms with Crippen molar-refractivity contribution >= 4 is 17.7 Å². The van der Waals surface area contributed by atoms with Crippen molar-refractivity contribution < 1.29 is 9.90 Å². The number of hydrogen-bond acceptors (Lipinski definition) is 4. The highest BCUT2D eigenvalue weighted by atomic mass is 32.2. The quantitative estimate of drug-likeness (QED) is 0.559. The molecule has 11 heavy (non-hydrogen) atoms. The standard InChI is InChI=1S/C6H12N2O2S/c1-3(11-4(2)7)5(8)6(9)10/h3,5H,2,7-8H2,1H3,(H,9,10)/t3-,5-/m0/s1. The van der Waals surface area contributed by atoms with Crippen LogP contribution in [0.1, 0.15) is 6.92 Å². The van der Waals surface area contributed by atoms with Crippen LogP contribution in [-0.4, -0.2) is 22.4 Å². The minimum Gasteiger partial charge on any atom is -0.480 e. The van der Waals surface area contributed by atoms with E-state index in [-0.39, 0.29) is 5.25 Å². The summed E-state index contributed by atoms with van der Waals surface area (Å²) in [7, 11) is 0. The Bertz CT molecular complexity index is 172. The Balaban J connectivity index is 3.92. The summed E-state index contributed by atoms with van der Waals surface area (Å²) in [6.45, 7) is 5.13. The van der Waals surface area contributed by atoms with Crippen LogP contribution in [0.2, 0.25) is 0 Å². The lowest BCUT2D eigenvalue weighted by Crippen LogP contribution is -2.38. The molecule has 0 aliphatic carbocycles.